The Labute approximate surface area is 183 Å². The predicted molar refractivity (Wildman–Crippen MR) is 124 cm³/mol. The van der Waals surface area contributed by atoms with Crippen molar-refractivity contribution in [2.45, 2.75) is 26.3 Å². The lowest BCUT2D eigenvalue weighted by molar-refractivity contribution is 0.0827. The van der Waals surface area contributed by atoms with Gasteiger partial charge in [-0.3, -0.25) is 4.79 Å². The summed E-state index contributed by atoms with van der Waals surface area (Å²) in [5, 5.41) is 15.0. The van der Waals surface area contributed by atoms with Gasteiger partial charge in [0.15, 0.2) is 11.8 Å². The SMILES string of the molecule is CSCCCNC(=NCc1nnc(C)n1C)NCCc1cccc(C(=O)N(C)C)c1. The number of aryl methyl sites for hydroxylation is 1. The highest BCUT2D eigenvalue weighted by atomic mass is 32.2. The van der Waals surface area contributed by atoms with Crippen LogP contribution in [0.5, 0.6) is 0 Å². The highest BCUT2D eigenvalue weighted by molar-refractivity contribution is 7.98. The van der Waals surface area contributed by atoms with Gasteiger partial charge in [-0.2, -0.15) is 11.8 Å². The van der Waals surface area contributed by atoms with Gasteiger partial charge in [-0.1, -0.05) is 12.1 Å². The van der Waals surface area contributed by atoms with Crippen LogP contribution in [0.3, 0.4) is 0 Å². The van der Waals surface area contributed by atoms with Gasteiger partial charge in [-0.25, -0.2) is 4.99 Å². The van der Waals surface area contributed by atoms with Crippen LogP contribution in [-0.2, 0) is 20.0 Å². The summed E-state index contributed by atoms with van der Waals surface area (Å²) in [4.78, 5) is 18.4. The summed E-state index contributed by atoms with van der Waals surface area (Å²) in [6.07, 6.45) is 3.97. The van der Waals surface area contributed by atoms with Crippen LogP contribution in [0.2, 0.25) is 0 Å². The van der Waals surface area contributed by atoms with E-state index in [1.807, 2.05) is 54.6 Å². The molecule has 0 aliphatic carbocycles. The molecule has 0 spiro atoms. The maximum Gasteiger partial charge on any atom is 0.253 e. The van der Waals surface area contributed by atoms with Crippen molar-refractivity contribution in [3.63, 3.8) is 0 Å². The predicted octanol–water partition coefficient (Wildman–Crippen LogP) is 1.86. The van der Waals surface area contributed by atoms with Gasteiger partial charge in [0.05, 0.1) is 0 Å². The molecule has 0 bridgehead atoms. The smallest absolute Gasteiger partial charge is 0.253 e. The Morgan fingerprint density at radius 3 is 2.67 bits per heavy atom. The lowest BCUT2D eigenvalue weighted by Gasteiger charge is -2.14. The van der Waals surface area contributed by atoms with E-state index in [0.29, 0.717) is 18.7 Å². The van der Waals surface area contributed by atoms with E-state index >= 15 is 0 Å². The third-order valence-electron chi connectivity index (χ3n) is 4.67. The number of benzene rings is 1. The molecule has 0 saturated carbocycles. The van der Waals surface area contributed by atoms with Gasteiger partial charge < -0.3 is 20.1 Å². The van der Waals surface area contributed by atoms with Crippen molar-refractivity contribution < 1.29 is 4.79 Å². The molecular weight excluding hydrogens is 398 g/mol. The second-order valence-corrected chi connectivity index (χ2v) is 8.22. The number of nitrogens with zero attached hydrogens (tertiary/aromatic N) is 5. The Morgan fingerprint density at radius 2 is 2.00 bits per heavy atom. The Morgan fingerprint density at radius 1 is 1.23 bits per heavy atom. The van der Waals surface area contributed by atoms with E-state index in [-0.39, 0.29) is 5.91 Å². The molecule has 2 N–H and O–H groups in total. The number of aromatic nitrogens is 3. The van der Waals surface area contributed by atoms with Gasteiger partial charge in [0.1, 0.15) is 12.4 Å². The summed E-state index contributed by atoms with van der Waals surface area (Å²) in [5.74, 6) is 3.58. The molecule has 2 aromatic rings. The minimum Gasteiger partial charge on any atom is -0.356 e. The maximum absolute atomic E-state index is 12.2. The van der Waals surface area contributed by atoms with Gasteiger partial charge >= 0.3 is 0 Å². The Bertz CT molecular complexity index is 848. The number of rotatable bonds is 10. The van der Waals surface area contributed by atoms with Gasteiger partial charge in [-0.05, 0) is 49.5 Å². The van der Waals surface area contributed by atoms with Crippen LogP contribution in [0.25, 0.3) is 0 Å². The standard InChI is InChI=1S/C21H33N7OS/c1-16-25-26-19(28(16)4)15-24-21(22-11-7-13-30-5)23-12-10-17-8-6-9-18(14-17)20(29)27(2)3/h6,8-9,14H,7,10-13,15H2,1-5H3,(H2,22,23,24). The lowest BCUT2D eigenvalue weighted by Crippen LogP contribution is -2.39. The number of guanidine groups is 1. The molecule has 0 atom stereocenters. The molecule has 0 fully saturated rings. The topological polar surface area (TPSA) is 87.4 Å². The molecule has 0 aliphatic heterocycles. The van der Waals surface area contributed by atoms with E-state index in [1.54, 1.807) is 19.0 Å². The van der Waals surface area contributed by atoms with Gasteiger partial charge in [0.25, 0.3) is 5.91 Å². The third-order valence-corrected chi connectivity index (χ3v) is 5.36. The van der Waals surface area contributed by atoms with E-state index in [2.05, 4.69) is 32.1 Å². The number of nitrogens with one attached hydrogen (secondary N) is 2. The molecule has 2 rings (SSSR count). The zero-order chi connectivity index (χ0) is 21.9. The fourth-order valence-corrected chi connectivity index (χ4v) is 3.21. The van der Waals surface area contributed by atoms with Crippen LogP contribution in [0.15, 0.2) is 29.3 Å². The van der Waals surface area contributed by atoms with Crippen LogP contribution in [-0.4, -0.2) is 70.7 Å². The number of hydrogen-bond acceptors (Lipinski definition) is 5. The van der Waals surface area contributed by atoms with E-state index < -0.39 is 0 Å². The highest BCUT2D eigenvalue weighted by Crippen LogP contribution is 2.08. The fraction of sp³-hybridized carbons (Fsp3) is 0.524. The zero-order valence-electron chi connectivity index (χ0n) is 18.6. The molecule has 9 heteroatoms. The normalized spacial score (nSPS) is 11.4. The molecule has 0 radical (unpaired) electrons. The summed E-state index contributed by atoms with van der Waals surface area (Å²) in [6, 6.07) is 7.77. The van der Waals surface area contributed by atoms with Crippen LogP contribution in [0.4, 0.5) is 0 Å². The first-order valence-electron chi connectivity index (χ1n) is 10.1. The first-order chi connectivity index (χ1) is 14.4. The number of hydrogen-bond donors (Lipinski definition) is 2. The first-order valence-corrected chi connectivity index (χ1v) is 11.5. The van der Waals surface area contributed by atoms with Crippen molar-refractivity contribution >= 4 is 23.6 Å². The van der Waals surface area contributed by atoms with Gasteiger partial charge in [0.2, 0.25) is 0 Å². The second-order valence-electron chi connectivity index (χ2n) is 7.24. The van der Waals surface area contributed by atoms with Crippen LogP contribution >= 0.6 is 11.8 Å². The summed E-state index contributed by atoms with van der Waals surface area (Å²) in [7, 11) is 5.47. The van der Waals surface area contributed by atoms with Crippen molar-refractivity contribution in [2.24, 2.45) is 12.0 Å². The highest BCUT2D eigenvalue weighted by Gasteiger charge is 2.09. The van der Waals surface area contributed by atoms with Crippen molar-refractivity contribution in [1.29, 1.82) is 0 Å². The lowest BCUT2D eigenvalue weighted by atomic mass is 10.1. The molecule has 1 aromatic carbocycles. The summed E-state index contributed by atoms with van der Waals surface area (Å²) >= 11 is 1.84. The van der Waals surface area contributed by atoms with E-state index in [0.717, 1.165) is 48.3 Å². The minimum atomic E-state index is 0.0153. The van der Waals surface area contributed by atoms with Crippen molar-refractivity contribution in [3.05, 3.63) is 47.0 Å². The molecule has 1 amide bonds. The van der Waals surface area contributed by atoms with Gasteiger partial charge in [0, 0.05) is 39.8 Å². The molecule has 0 unspecified atom stereocenters. The number of carbonyl (C=O) groups excluding carboxylic acids is 1. The number of amides is 1. The Kier molecular flexibility index (Phi) is 9.66. The number of carbonyl (C=O) groups is 1. The quantitative estimate of drug-likeness (QED) is 0.339. The number of thioether (sulfide) groups is 1. The monoisotopic (exact) mass is 431 g/mol. The summed E-state index contributed by atoms with van der Waals surface area (Å²) in [5.41, 5.74) is 1.82. The molecule has 0 saturated heterocycles. The molecule has 30 heavy (non-hydrogen) atoms. The second kappa shape index (κ2) is 12.2. The molecule has 0 aliphatic rings. The van der Waals surface area contributed by atoms with Crippen molar-refractivity contribution in [1.82, 2.24) is 30.3 Å². The Hall–Kier alpha value is -2.55. The number of aliphatic imine (C=N–C) groups is 1. The Balaban J connectivity index is 1.96. The average Bonchev–Trinajstić information content (AvgIpc) is 3.06. The molecule has 164 valence electrons. The zero-order valence-corrected chi connectivity index (χ0v) is 19.4. The van der Waals surface area contributed by atoms with Crippen molar-refractivity contribution in [2.75, 3.05) is 39.2 Å². The summed E-state index contributed by atoms with van der Waals surface area (Å²) < 4.78 is 1.95. The minimum absolute atomic E-state index is 0.0153. The van der Waals surface area contributed by atoms with Crippen LogP contribution in [0.1, 0.15) is 34.0 Å². The van der Waals surface area contributed by atoms with Crippen molar-refractivity contribution in [3.8, 4) is 0 Å². The van der Waals surface area contributed by atoms with E-state index in [9.17, 15) is 4.79 Å². The molecule has 1 aromatic heterocycles. The maximum atomic E-state index is 12.2. The van der Waals surface area contributed by atoms with Crippen LogP contribution in [0, 0.1) is 6.92 Å². The summed E-state index contributed by atoms with van der Waals surface area (Å²) in [6.45, 7) is 3.96. The van der Waals surface area contributed by atoms with Crippen LogP contribution < -0.4 is 10.6 Å². The molecule has 8 nitrogen and oxygen atoms in total. The first kappa shape index (κ1) is 23.7. The van der Waals surface area contributed by atoms with E-state index in [4.69, 9.17) is 0 Å². The van der Waals surface area contributed by atoms with E-state index in [1.165, 1.54) is 0 Å². The molecule has 1 heterocycles. The molecular formula is C21H33N7OS. The fourth-order valence-electron chi connectivity index (χ4n) is 2.78. The average molecular weight is 432 g/mol. The largest absolute Gasteiger partial charge is 0.356 e. The van der Waals surface area contributed by atoms with Gasteiger partial charge in [-0.15, -0.1) is 10.2 Å². The third kappa shape index (κ3) is 7.37.